The first kappa shape index (κ1) is 13.5. The predicted octanol–water partition coefficient (Wildman–Crippen LogP) is 2.00. The molecule has 0 bridgehead atoms. The SMILES string of the molecule is Cc1cc(F)cc(C)c1NC(=O)CN1CCCC1=O. The average molecular weight is 264 g/mol. The molecule has 0 saturated carbocycles. The molecule has 1 aliphatic rings. The highest BCUT2D eigenvalue weighted by atomic mass is 19.1. The third-order valence-corrected chi connectivity index (χ3v) is 3.27. The van der Waals surface area contributed by atoms with Gasteiger partial charge in [-0.1, -0.05) is 0 Å². The van der Waals surface area contributed by atoms with E-state index < -0.39 is 0 Å². The fourth-order valence-electron chi connectivity index (χ4n) is 2.33. The summed E-state index contributed by atoms with van der Waals surface area (Å²) in [5.74, 6) is -0.543. The van der Waals surface area contributed by atoms with Crippen LogP contribution >= 0.6 is 0 Å². The summed E-state index contributed by atoms with van der Waals surface area (Å²) in [7, 11) is 0. The van der Waals surface area contributed by atoms with E-state index in [4.69, 9.17) is 0 Å². The van der Waals surface area contributed by atoms with Crippen LogP contribution in [-0.2, 0) is 9.59 Å². The minimum atomic E-state index is -0.317. The normalized spacial score (nSPS) is 14.9. The van der Waals surface area contributed by atoms with Gasteiger partial charge in [0.1, 0.15) is 5.82 Å². The first-order valence-corrected chi connectivity index (χ1v) is 6.32. The molecule has 0 radical (unpaired) electrons. The van der Waals surface area contributed by atoms with Gasteiger partial charge in [-0.3, -0.25) is 9.59 Å². The Morgan fingerprint density at radius 3 is 2.53 bits per heavy atom. The van der Waals surface area contributed by atoms with Crippen molar-refractivity contribution in [1.29, 1.82) is 0 Å². The molecule has 2 rings (SSSR count). The van der Waals surface area contributed by atoms with Crippen molar-refractivity contribution in [3.63, 3.8) is 0 Å². The number of hydrogen-bond donors (Lipinski definition) is 1. The predicted molar refractivity (Wildman–Crippen MR) is 70.3 cm³/mol. The molecule has 0 aliphatic carbocycles. The second kappa shape index (κ2) is 5.38. The van der Waals surface area contributed by atoms with Crippen LogP contribution in [0.3, 0.4) is 0 Å². The number of nitrogens with zero attached hydrogens (tertiary/aromatic N) is 1. The molecule has 5 heteroatoms. The molecular weight excluding hydrogens is 247 g/mol. The molecular formula is C14H17FN2O2. The van der Waals surface area contributed by atoms with Crippen molar-refractivity contribution < 1.29 is 14.0 Å². The lowest BCUT2D eigenvalue weighted by molar-refractivity contribution is -0.131. The highest BCUT2D eigenvalue weighted by molar-refractivity contribution is 5.96. The summed E-state index contributed by atoms with van der Waals surface area (Å²) in [5, 5.41) is 2.75. The van der Waals surface area contributed by atoms with E-state index in [0.717, 1.165) is 6.42 Å². The van der Waals surface area contributed by atoms with Gasteiger partial charge in [-0.25, -0.2) is 4.39 Å². The van der Waals surface area contributed by atoms with E-state index >= 15 is 0 Å². The molecule has 2 amide bonds. The molecule has 0 atom stereocenters. The van der Waals surface area contributed by atoms with Gasteiger partial charge < -0.3 is 10.2 Å². The van der Waals surface area contributed by atoms with Crippen LogP contribution in [-0.4, -0.2) is 29.8 Å². The molecule has 1 fully saturated rings. The smallest absolute Gasteiger partial charge is 0.244 e. The number of anilines is 1. The summed E-state index contributed by atoms with van der Waals surface area (Å²) in [4.78, 5) is 24.9. The van der Waals surface area contributed by atoms with Crippen LogP contribution in [0.25, 0.3) is 0 Å². The second-order valence-electron chi connectivity index (χ2n) is 4.88. The van der Waals surface area contributed by atoms with Crippen LogP contribution in [0.5, 0.6) is 0 Å². The van der Waals surface area contributed by atoms with Crippen molar-refractivity contribution >= 4 is 17.5 Å². The van der Waals surface area contributed by atoms with E-state index in [-0.39, 0.29) is 24.2 Å². The van der Waals surface area contributed by atoms with Crippen molar-refractivity contribution in [2.45, 2.75) is 26.7 Å². The van der Waals surface area contributed by atoms with E-state index in [9.17, 15) is 14.0 Å². The van der Waals surface area contributed by atoms with E-state index in [1.807, 2.05) is 0 Å². The number of aryl methyl sites for hydroxylation is 2. The Labute approximate surface area is 111 Å². The zero-order chi connectivity index (χ0) is 14.0. The van der Waals surface area contributed by atoms with Gasteiger partial charge in [0.25, 0.3) is 0 Å². The van der Waals surface area contributed by atoms with Crippen molar-refractivity contribution in [2.75, 3.05) is 18.4 Å². The monoisotopic (exact) mass is 264 g/mol. The maximum atomic E-state index is 13.2. The molecule has 1 saturated heterocycles. The maximum Gasteiger partial charge on any atom is 0.244 e. The van der Waals surface area contributed by atoms with Crippen LogP contribution in [0.4, 0.5) is 10.1 Å². The van der Waals surface area contributed by atoms with Crippen LogP contribution < -0.4 is 5.32 Å². The lowest BCUT2D eigenvalue weighted by atomic mass is 10.1. The standard InChI is InChI=1S/C14H17FN2O2/c1-9-6-11(15)7-10(2)14(9)16-12(18)8-17-5-3-4-13(17)19/h6-7H,3-5,8H2,1-2H3,(H,16,18). The first-order valence-electron chi connectivity index (χ1n) is 6.32. The summed E-state index contributed by atoms with van der Waals surface area (Å²) in [6, 6.07) is 2.76. The van der Waals surface area contributed by atoms with Crippen molar-refractivity contribution in [2.24, 2.45) is 0 Å². The van der Waals surface area contributed by atoms with Crippen LogP contribution in [0.1, 0.15) is 24.0 Å². The zero-order valence-electron chi connectivity index (χ0n) is 11.1. The van der Waals surface area contributed by atoms with Gasteiger partial charge in [0.2, 0.25) is 11.8 Å². The zero-order valence-corrected chi connectivity index (χ0v) is 11.1. The average Bonchev–Trinajstić information content (AvgIpc) is 2.69. The lowest BCUT2D eigenvalue weighted by Gasteiger charge is -2.17. The minimum Gasteiger partial charge on any atom is -0.333 e. The molecule has 0 aromatic heterocycles. The largest absolute Gasteiger partial charge is 0.333 e. The number of amides is 2. The van der Waals surface area contributed by atoms with Gasteiger partial charge in [0, 0.05) is 18.7 Å². The molecule has 4 nitrogen and oxygen atoms in total. The number of halogens is 1. The molecule has 1 aromatic carbocycles. The van der Waals surface area contributed by atoms with Gasteiger partial charge >= 0.3 is 0 Å². The van der Waals surface area contributed by atoms with Crippen LogP contribution in [0, 0.1) is 19.7 Å². The number of carbonyl (C=O) groups excluding carboxylic acids is 2. The summed E-state index contributed by atoms with van der Waals surface area (Å²) >= 11 is 0. The number of rotatable bonds is 3. The summed E-state index contributed by atoms with van der Waals surface area (Å²) in [6.07, 6.45) is 1.32. The molecule has 19 heavy (non-hydrogen) atoms. The van der Waals surface area contributed by atoms with Crippen LogP contribution in [0.15, 0.2) is 12.1 Å². The van der Waals surface area contributed by atoms with Gasteiger partial charge in [-0.2, -0.15) is 0 Å². The molecule has 1 aliphatic heterocycles. The number of benzene rings is 1. The molecule has 1 heterocycles. The minimum absolute atomic E-state index is 0.0164. The Bertz CT molecular complexity index is 505. The summed E-state index contributed by atoms with van der Waals surface area (Å²) in [6.45, 7) is 4.18. The summed E-state index contributed by atoms with van der Waals surface area (Å²) in [5.41, 5.74) is 1.98. The van der Waals surface area contributed by atoms with Gasteiger partial charge in [0.15, 0.2) is 0 Å². The first-order chi connectivity index (χ1) is 8.97. The Kier molecular flexibility index (Phi) is 3.83. The topological polar surface area (TPSA) is 49.4 Å². The lowest BCUT2D eigenvalue weighted by Crippen LogP contribution is -2.34. The van der Waals surface area contributed by atoms with Gasteiger partial charge in [0.05, 0.1) is 6.54 Å². The van der Waals surface area contributed by atoms with E-state index in [2.05, 4.69) is 5.32 Å². The van der Waals surface area contributed by atoms with Gasteiger partial charge in [-0.05, 0) is 43.5 Å². The second-order valence-corrected chi connectivity index (χ2v) is 4.88. The Morgan fingerprint density at radius 1 is 1.37 bits per heavy atom. The molecule has 0 spiro atoms. The number of carbonyl (C=O) groups is 2. The van der Waals surface area contributed by atoms with Crippen molar-refractivity contribution in [1.82, 2.24) is 4.90 Å². The molecule has 1 N–H and O–H groups in total. The number of hydrogen-bond acceptors (Lipinski definition) is 2. The highest BCUT2D eigenvalue weighted by Gasteiger charge is 2.22. The Morgan fingerprint density at radius 2 is 2.00 bits per heavy atom. The van der Waals surface area contributed by atoms with Crippen molar-refractivity contribution in [3.05, 3.63) is 29.1 Å². The Hall–Kier alpha value is -1.91. The van der Waals surface area contributed by atoms with Crippen LogP contribution in [0.2, 0.25) is 0 Å². The third kappa shape index (κ3) is 3.10. The third-order valence-electron chi connectivity index (χ3n) is 3.27. The fraction of sp³-hybridized carbons (Fsp3) is 0.429. The van der Waals surface area contributed by atoms with E-state index in [1.165, 1.54) is 12.1 Å². The van der Waals surface area contributed by atoms with Crippen molar-refractivity contribution in [3.8, 4) is 0 Å². The quantitative estimate of drug-likeness (QED) is 0.907. The van der Waals surface area contributed by atoms with E-state index in [1.54, 1.807) is 18.7 Å². The van der Waals surface area contributed by atoms with E-state index in [0.29, 0.717) is 29.8 Å². The number of likely N-dealkylation sites (tertiary alicyclic amines) is 1. The maximum absolute atomic E-state index is 13.2. The molecule has 1 aromatic rings. The number of nitrogens with one attached hydrogen (secondary N) is 1. The summed E-state index contributed by atoms with van der Waals surface area (Å²) < 4.78 is 13.2. The highest BCUT2D eigenvalue weighted by Crippen LogP contribution is 2.21. The van der Waals surface area contributed by atoms with Gasteiger partial charge in [-0.15, -0.1) is 0 Å². The fourth-order valence-corrected chi connectivity index (χ4v) is 2.33. The Balaban J connectivity index is 2.05. The molecule has 102 valence electrons. The molecule has 0 unspecified atom stereocenters.